The number of nitrogens with zero attached hydrogens (tertiary/aromatic N) is 5. The summed E-state index contributed by atoms with van der Waals surface area (Å²) >= 11 is 7.92. The van der Waals surface area contributed by atoms with Crippen LogP contribution in [0.4, 0.5) is 13.2 Å². The fraction of sp³-hybridized carbons (Fsp3) is 0.304. The molecule has 1 fully saturated rings. The Kier molecular flexibility index (Phi) is 7.57. The number of aliphatic hydroxyl groups excluding tert-OH is 2. The molecule has 1 aromatic carbocycles. The molecule has 0 unspecified atom stereocenters. The number of aliphatic hydroxyl groups is 2. The standard InChI is InChI=1S/C23H19BrF3N5O5S/c24-13-5-12(6-28-7-13)23(32-8-17(29-31-32)11-3-15(25)19(27)16(26)4-11)20(34)18(9-33)37-22(38)21(23)35-10-14-1-2-36-30-14/h1-8,18,20-22,33-34,38H,9-10H2/t18-,20+,21+,22-,23+/m0/s1. The number of rotatable bonds is 7. The summed E-state index contributed by atoms with van der Waals surface area (Å²) in [5.74, 6) is -4.44. The maximum absolute atomic E-state index is 14.0. The molecule has 5 atom stereocenters. The molecule has 15 heteroatoms. The Labute approximate surface area is 226 Å². The maximum Gasteiger partial charge on any atom is 0.194 e. The van der Waals surface area contributed by atoms with Crippen molar-refractivity contribution in [1.29, 1.82) is 0 Å². The van der Waals surface area contributed by atoms with Crippen molar-refractivity contribution in [3.63, 3.8) is 0 Å². The normalized spacial score (nSPS) is 25.6. The SMILES string of the molecule is OC[C@@H]1O[C@@H](S)[C@@H](OCc2ccon2)[C@](c2cncc(Br)c2)(n2cc(-c3cc(F)c(F)c(F)c3)nn2)[C@@H]1O. The van der Waals surface area contributed by atoms with E-state index in [-0.39, 0.29) is 17.9 Å². The van der Waals surface area contributed by atoms with Crippen LogP contribution in [0.3, 0.4) is 0 Å². The molecule has 0 radical (unpaired) electrons. The Morgan fingerprint density at radius 3 is 2.61 bits per heavy atom. The van der Waals surface area contributed by atoms with E-state index < -0.39 is 53.3 Å². The molecule has 4 aromatic rings. The first kappa shape index (κ1) is 26.8. The van der Waals surface area contributed by atoms with Gasteiger partial charge in [0.25, 0.3) is 0 Å². The molecule has 3 aromatic heterocycles. The lowest BCUT2D eigenvalue weighted by atomic mass is 9.76. The van der Waals surface area contributed by atoms with Crippen molar-refractivity contribution in [3.8, 4) is 11.3 Å². The summed E-state index contributed by atoms with van der Waals surface area (Å²) in [7, 11) is 0. The number of aromatic nitrogens is 5. The third-order valence-electron chi connectivity index (χ3n) is 6.21. The summed E-state index contributed by atoms with van der Waals surface area (Å²) in [6.45, 7) is -0.676. The van der Waals surface area contributed by atoms with Crippen LogP contribution >= 0.6 is 28.6 Å². The number of hydrogen-bond acceptors (Lipinski definition) is 10. The molecule has 0 saturated carbocycles. The lowest BCUT2D eigenvalue weighted by Gasteiger charge is -2.51. The minimum Gasteiger partial charge on any atom is -0.394 e. The van der Waals surface area contributed by atoms with Crippen LogP contribution in [0.5, 0.6) is 0 Å². The Bertz CT molecular complexity index is 1410. The van der Waals surface area contributed by atoms with E-state index in [0.717, 1.165) is 12.1 Å². The number of hydrogen-bond donors (Lipinski definition) is 3. The Balaban J connectivity index is 1.70. The maximum atomic E-state index is 14.0. The Hall–Kier alpha value is -2.82. The van der Waals surface area contributed by atoms with Gasteiger partial charge in [0.2, 0.25) is 0 Å². The Morgan fingerprint density at radius 1 is 1.18 bits per heavy atom. The fourth-order valence-corrected chi connectivity index (χ4v) is 5.31. The van der Waals surface area contributed by atoms with E-state index in [2.05, 4.69) is 49.0 Å². The van der Waals surface area contributed by atoms with Crippen molar-refractivity contribution in [1.82, 2.24) is 25.1 Å². The Morgan fingerprint density at radius 2 is 1.95 bits per heavy atom. The van der Waals surface area contributed by atoms with E-state index in [4.69, 9.17) is 14.0 Å². The first-order valence-electron chi connectivity index (χ1n) is 11.1. The zero-order chi connectivity index (χ0) is 27.0. The molecule has 0 bridgehead atoms. The van der Waals surface area contributed by atoms with Gasteiger partial charge in [0, 0.05) is 34.1 Å². The van der Waals surface area contributed by atoms with E-state index in [9.17, 15) is 23.4 Å². The second-order valence-corrected chi connectivity index (χ2v) is 9.86. The van der Waals surface area contributed by atoms with E-state index in [1.807, 2.05) is 0 Å². The zero-order valence-corrected chi connectivity index (χ0v) is 21.6. The average molecular weight is 614 g/mol. The van der Waals surface area contributed by atoms with Crippen molar-refractivity contribution >= 4 is 28.6 Å². The van der Waals surface area contributed by atoms with Gasteiger partial charge in [-0.1, -0.05) is 10.4 Å². The van der Waals surface area contributed by atoms with Gasteiger partial charge in [0.1, 0.15) is 46.9 Å². The average Bonchev–Trinajstić information content (AvgIpc) is 3.60. The molecule has 0 aliphatic carbocycles. The first-order valence-corrected chi connectivity index (χ1v) is 12.4. The third kappa shape index (κ3) is 4.63. The molecule has 10 nitrogen and oxygen atoms in total. The highest BCUT2D eigenvalue weighted by Gasteiger charge is 2.59. The highest BCUT2D eigenvalue weighted by molar-refractivity contribution is 9.10. The van der Waals surface area contributed by atoms with Gasteiger partial charge < -0.3 is 24.2 Å². The number of benzene rings is 1. The van der Waals surface area contributed by atoms with E-state index in [0.29, 0.717) is 15.7 Å². The van der Waals surface area contributed by atoms with Gasteiger partial charge >= 0.3 is 0 Å². The van der Waals surface area contributed by atoms with Crippen LogP contribution in [-0.4, -0.2) is 65.7 Å². The number of halogens is 4. The molecule has 0 amide bonds. The van der Waals surface area contributed by atoms with Crippen LogP contribution in [0.2, 0.25) is 0 Å². The smallest absolute Gasteiger partial charge is 0.194 e. The summed E-state index contributed by atoms with van der Waals surface area (Å²) in [6.07, 6.45) is 1.85. The molecule has 1 aliphatic rings. The number of pyridine rings is 1. The number of thiol groups is 1. The largest absolute Gasteiger partial charge is 0.394 e. The summed E-state index contributed by atoms with van der Waals surface area (Å²) < 4.78 is 60.1. The van der Waals surface area contributed by atoms with Gasteiger partial charge in [-0.2, -0.15) is 0 Å². The van der Waals surface area contributed by atoms with Crippen molar-refractivity contribution in [2.45, 2.75) is 35.9 Å². The minimum absolute atomic E-state index is 0.0321. The molecule has 1 aliphatic heterocycles. The van der Waals surface area contributed by atoms with Crippen LogP contribution < -0.4 is 0 Å². The molecule has 4 heterocycles. The van der Waals surface area contributed by atoms with Gasteiger partial charge in [0.15, 0.2) is 17.5 Å². The van der Waals surface area contributed by atoms with Gasteiger partial charge in [-0.05, 0) is 34.1 Å². The second-order valence-electron chi connectivity index (χ2n) is 8.43. The van der Waals surface area contributed by atoms with Crippen LogP contribution in [0.1, 0.15) is 11.3 Å². The topological polar surface area (TPSA) is 129 Å². The molecule has 5 rings (SSSR count). The zero-order valence-electron chi connectivity index (χ0n) is 19.2. The lowest BCUT2D eigenvalue weighted by molar-refractivity contribution is -0.223. The van der Waals surface area contributed by atoms with E-state index in [1.54, 1.807) is 12.1 Å². The van der Waals surface area contributed by atoms with E-state index in [1.165, 1.54) is 29.5 Å². The molecule has 1 saturated heterocycles. The quantitative estimate of drug-likeness (QED) is 0.213. The predicted molar refractivity (Wildman–Crippen MR) is 130 cm³/mol. The minimum atomic E-state index is -1.69. The van der Waals surface area contributed by atoms with E-state index >= 15 is 0 Å². The second kappa shape index (κ2) is 10.7. The molecular weight excluding hydrogens is 595 g/mol. The van der Waals surface area contributed by atoms with Crippen molar-refractivity contribution in [2.24, 2.45) is 0 Å². The monoisotopic (exact) mass is 613 g/mol. The highest BCUT2D eigenvalue weighted by atomic mass is 79.9. The lowest BCUT2D eigenvalue weighted by Crippen LogP contribution is -2.68. The summed E-state index contributed by atoms with van der Waals surface area (Å²) in [4.78, 5) is 4.21. The van der Waals surface area contributed by atoms with Crippen molar-refractivity contribution < 1.29 is 37.4 Å². The van der Waals surface area contributed by atoms with Gasteiger partial charge in [-0.3, -0.25) is 4.98 Å². The van der Waals surface area contributed by atoms with Crippen LogP contribution in [0.25, 0.3) is 11.3 Å². The van der Waals surface area contributed by atoms with Gasteiger partial charge in [-0.15, -0.1) is 17.7 Å². The predicted octanol–water partition coefficient (Wildman–Crippen LogP) is 2.84. The van der Waals surface area contributed by atoms with Gasteiger partial charge in [-0.25, -0.2) is 17.9 Å². The van der Waals surface area contributed by atoms with Crippen LogP contribution in [0, 0.1) is 17.5 Å². The first-order chi connectivity index (χ1) is 18.2. The highest BCUT2D eigenvalue weighted by Crippen LogP contribution is 2.45. The summed E-state index contributed by atoms with van der Waals surface area (Å²) in [5, 5.41) is 33.7. The molecule has 2 N–H and O–H groups in total. The van der Waals surface area contributed by atoms with Crippen LogP contribution in [0.15, 0.2) is 58.1 Å². The van der Waals surface area contributed by atoms with Crippen LogP contribution in [-0.2, 0) is 21.6 Å². The third-order valence-corrected chi connectivity index (χ3v) is 7.04. The number of ether oxygens (including phenoxy) is 2. The fourth-order valence-electron chi connectivity index (χ4n) is 4.48. The summed E-state index contributed by atoms with van der Waals surface area (Å²) in [5.41, 5.74) is -2.07. The molecule has 38 heavy (non-hydrogen) atoms. The molecule has 200 valence electrons. The van der Waals surface area contributed by atoms with Gasteiger partial charge in [0.05, 0.1) is 19.4 Å². The summed E-state index contributed by atoms with van der Waals surface area (Å²) in [6, 6.07) is 4.78. The van der Waals surface area contributed by atoms with Crippen molar-refractivity contribution in [3.05, 3.63) is 82.3 Å². The molecule has 0 spiro atoms. The molecular formula is C23H19BrF3N5O5S. The van der Waals surface area contributed by atoms with Crippen molar-refractivity contribution in [2.75, 3.05) is 6.61 Å².